The van der Waals surface area contributed by atoms with Gasteiger partial charge in [-0.25, -0.2) is 8.78 Å². The number of nitrogens with two attached hydrogens (primary N) is 1. The number of nitriles is 1. The zero-order valence-corrected chi connectivity index (χ0v) is 37.8. The summed E-state index contributed by atoms with van der Waals surface area (Å²) < 4.78 is 34.5. The normalized spacial score (nSPS) is 10.4. The predicted molar refractivity (Wildman–Crippen MR) is 208 cm³/mol. The minimum Gasteiger partial charge on any atom is -0.508 e. The zero-order valence-electron chi connectivity index (χ0n) is 32.1. The van der Waals surface area contributed by atoms with Crippen LogP contribution in [0.25, 0.3) is 11.4 Å². The van der Waals surface area contributed by atoms with Crippen LogP contribution >= 0.6 is 0 Å². The van der Waals surface area contributed by atoms with Gasteiger partial charge in [0.15, 0.2) is 0 Å². The van der Waals surface area contributed by atoms with E-state index in [0.717, 1.165) is 40.6 Å². The summed E-state index contributed by atoms with van der Waals surface area (Å²) in [6.45, 7) is 12.4. The van der Waals surface area contributed by atoms with Crippen molar-refractivity contribution in [3.05, 3.63) is 143 Å². The number of ketones is 1. The Kier molecular flexibility index (Phi) is 20.1. The Hall–Kier alpha value is -4.27. The average molecular weight is 927 g/mol. The van der Waals surface area contributed by atoms with Crippen molar-refractivity contribution in [1.82, 2.24) is 19.6 Å². The van der Waals surface area contributed by atoms with Crippen LogP contribution in [0.4, 0.5) is 14.5 Å². The minimum absolute atomic E-state index is 0. The molecule has 0 amide bonds. The van der Waals surface area contributed by atoms with Gasteiger partial charge in [-0.15, -0.1) is 17.4 Å². The maximum absolute atomic E-state index is 13.9. The molecule has 2 radical (unpaired) electrons. The number of nitrogens with zero attached hydrogens (tertiary/aromatic N) is 5. The molecule has 0 saturated heterocycles. The fourth-order valence-electron chi connectivity index (χ4n) is 4.87. The van der Waals surface area contributed by atoms with E-state index in [1.165, 1.54) is 24.3 Å². The van der Waals surface area contributed by atoms with E-state index in [1.54, 1.807) is 33.8 Å². The van der Waals surface area contributed by atoms with Crippen molar-refractivity contribution in [1.29, 1.82) is 5.26 Å². The van der Waals surface area contributed by atoms with E-state index in [4.69, 9.17) is 20.8 Å². The molecule has 0 bridgehead atoms. The van der Waals surface area contributed by atoms with Crippen LogP contribution in [0.2, 0.25) is 0 Å². The molecule has 14 heteroatoms. The van der Waals surface area contributed by atoms with Crippen LogP contribution < -0.4 is 10.5 Å². The first kappa shape index (κ1) is 50.7. The van der Waals surface area contributed by atoms with Gasteiger partial charge in [-0.05, 0) is 41.2 Å². The summed E-state index contributed by atoms with van der Waals surface area (Å²) in [5.41, 5.74) is 9.31. The van der Waals surface area contributed by atoms with Gasteiger partial charge >= 0.3 is 0 Å². The van der Waals surface area contributed by atoms with Crippen LogP contribution in [-0.4, -0.2) is 35.6 Å². The molecule has 6 rings (SSSR count). The summed E-state index contributed by atoms with van der Waals surface area (Å²) in [5.74, 6) is -1.14. The van der Waals surface area contributed by atoms with Gasteiger partial charge in [0, 0.05) is 113 Å². The summed E-state index contributed by atoms with van der Waals surface area (Å²) in [6, 6.07) is 31.9. The molecule has 0 atom stereocenters. The van der Waals surface area contributed by atoms with Gasteiger partial charge in [-0.1, -0.05) is 55.0 Å². The van der Waals surface area contributed by atoms with Crippen molar-refractivity contribution in [3.63, 3.8) is 0 Å². The van der Waals surface area contributed by atoms with Crippen LogP contribution in [0.15, 0.2) is 97.1 Å². The molecule has 0 unspecified atom stereocenters. The number of benzene rings is 4. The quantitative estimate of drug-likeness (QED) is 0.0623. The second-order valence-corrected chi connectivity index (χ2v) is 14.3. The number of carbonyl (C=O) groups excluding carboxylic acids is 1. The van der Waals surface area contributed by atoms with Crippen molar-refractivity contribution in [3.8, 4) is 35.0 Å². The Morgan fingerprint density at radius 1 is 0.789 bits per heavy atom. The second-order valence-electron chi connectivity index (χ2n) is 14.3. The molecular formula is C43H46F2N6O4Y2-2. The van der Waals surface area contributed by atoms with Crippen molar-refractivity contribution >= 4 is 11.5 Å². The maximum Gasteiger partial charge on any atom is 0.293 e. The molecule has 4 aromatic carbocycles. The zero-order chi connectivity index (χ0) is 39.6. The van der Waals surface area contributed by atoms with E-state index in [-0.39, 0.29) is 125 Å². The van der Waals surface area contributed by atoms with Crippen molar-refractivity contribution in [2.75, 3.05) is 5.73 Å². The first-order chi connectivity index (χ1) is 25.5. The number of hydrogen-bond donors (Lipinski definition) is 3. The van der Waals surface area contributed by atoms with E-state index >= 15 is 0 Å². The maximum atomic E-state index is 13.9. The third kappa shape index (κ3) is 14.9. The van der Waals surface area contributed by atoms with Gasteiger partial charge in [-0.3, -0.25) is 14.2 Å². The van der Waals surface area contributed by atoms with Crippen LogP contribution in [0, 0.1) is 35.3 Å². The number of phenols is 2. The Morgan fingerprint density at radius 3 is 1.77 bits per heavy atom. The second kappa shape index (κ2) is 22.6. The molecule has 0 aliphatic heterocycles. The van der Waals surface area contributed by atoms with Crippen LogP contribution in [-0.2, 0) is 93.9 Å². The molecule has 0 saturated carbocycles. The first-order valence-electron chi connectivity index (χ1n) is 16.9. The number of aromatic nitrogens is 4. The molecule has 0 fully saturated rings. The van der Waals surface area contributed by atoms with E-state index in [9.17, 15) is 18.7 Å². The molecular weight excluding hydrogens is 880 g/mol. The Bertz CT molecular complexity index is 2230. The number of rotatable bonds is 7. The van der Waals surface area contributed by atoms with Gasteiger partial charge in [0.25, 0.3) is 6.26 Å². The van der Waals surface area contributed by atoms with Crippen molar-refractivity contribution in [2.24, 2.45) is 0 Å². The third-order valence-electron chi connectivity index (χ3n) is 7.80. The number of Topliss-reactive ketones (excluding diaryl/α,β-unsaturated/α-hetero) is 1. The molecule has 0 aliphatic rings. The summed E-state index contributed by atoms with van der Waals surface area (Å²) in [4.78, 5) is 12.6. The van der Waals surface area contributed by atoms with Crippen LogP contribution in [0.3, 0.4) is 0 Å². The number of halogens is 2. The number of phenolic OH excluding ortho intramolecular Hbond substituents is 2. The summed E-state index contributed by atoms with van der Waals surface area (Å²) in [5, 5.41) is 35.8. The van der Waals surface area contributed by atoms with Crippen LogP contribution in [0.5, 0.6) is 17.4 Å². The monoisotopic (exact) mass is 926 g/mol. The molecule has 0 aliphatic carbocycles. The van der Waals surface area contributed by atoms with Crippen LogP contribution in [0.1, 0.15) is 71.6 Å². The molecule has 2 aromatic heterocycles. The SMILES string of the molecule is C.CC(C)(C)c1cc(CC(=O)Cc2ccc(O)cc2F)n(-c2c[c-]ccc2)n1.CC(C)(C)c1cc(OC#N)n(-c2c[c-]ccc2)n1.Nc1ccc(O)cc1F.[Y].[Y]. The molecule has 0 spiro atoms. The van der Waals surface area contributed by atoms with E-state index in [1.807, 2.05) is 42.5 Å². The topological polar surface area (TPSA) is 152 Å². The van der Waals surface area contributed by atoms with E-state index in [0.29, 0.717) is 5.88 Å². The molecule has 10 nitrogen and oxygen atoms in total. The number of aromatic hydroxyl groups is 2. The summed E-state index contributed by atoms with van der Waals surface area (Å²) in [7, 11) is 0. The van der Waals surface area contributed by atoms with Gasteiger partial charge in [0.05, 0.1) is 17.1 Å². The van der Waals surface area contributed by atoms with E-state index in [2.05, 4.69) is 63.9 Å². The molecule has 6 aromatic rings. The minimum atomic E-state index is -0.588. The number of carbonyl (C=O) groups is 1. The average Bonchev–Trinajstić information content (AvgIpc) is 3.75. The third-order valence-corrected chi connectivity index (χ3v) is 7.80. The fourth-order valence-corrected chi connectivity index (χ4v) is 4.87. The molecule has 57 heavy (non-hydrogen) atoms. The standard InChI is InChI=1S/C22H22FN2O2.C14H14N3O.C6H6FNO.CH4.2Y/c1-22(2,3)21-13-17(25(24-21)16-7-5-4-6-8-16)12-19(27)11-15-9-10-18(26)14-20(15)23;1-14(2,3)12-9-13(18-10-15)17(16-12)11-7-5-4-6-8-11;7-5-3-4(9)1-2-6(5)8;;;/h4-5,7-10,13-14,26H,11-12H2,1-3H3;4-5,7-9H,1-3H3;1-3,9H,8H2;1H4;;/q2*-1;;;;. The van der Waals surface area contributed by atoms with Gasteiger partial charge in [-0.2, -0.15) is 58.7 Å². The summed E-state index contributed by atoms with van der Waals surface area (Å²) >= 11 is 0. The Labute approximate surface area is 383 Å². The first-order valence-corrected chi connectivity index (χ1v) is 16.9. The molecule has 4 N–H and O–H groups in total. The van der Waals surface area contributed by atoms with Gasteiger partial charge in [0.1, 0.15) is 28.9 Å². The summed E-state index contributed by atoms with van der Waals surface area (Å²) in [6.07, 6.45) is 1.79. The Morgan fingerprint density at radius 2 is 1.30 bits per heavy atom. The van der Waals surface area contributed by atoms with Crippen molar-refractivity contribution < 1.29 is 93.9 Å². The van der Waals surface area contributed by atoms with Gasteiger partial charge < -0.3 is 20.7 Å². The number of hydrogen-bond acceptors (Lipinski definition) is 8. The number of ether oxygens (including phenoxy) is 1. The number of anilines is 1. The van der Waals surface area contributed by atoms with E-state index < -0.39 is 11.6 Å². The molecule has 294 valence electrons. The predicted octanol–water partition coefficient (Wildman–Crippen LogP) is 8.74. The smallest absolute Gasteiger partial charge is 0.293 e. The molecule has 2 heterocycles. The van der Waals surface area contributed by atoms with Gasteiger partial charge in [0.2, 0.25) is 5.88 Å². The number of nitrogen functional groups attached to an aromatic ring is 1. The van der Waals surface area contributed by atoms with Crippen molar-refractivity contribution in [2.45, 2.75) is 72.6 Å². The Balaban J connectivity index is 0.000000468. The fraction of sp³-hybridized carbons (Fsp3) is 0.256. The largest absolute Gasteiger partial charge is 0.508 e.